The summed E-state index contributed by atoms with van der Waals surface area (Å²) in [5, 5.41) is 0.0512. The molecular weight excluding hydrogens is 313 g/mol. The number of halogens is 4. The Labute approximate surface area is 122 Å². The SMILES string of the molecule is NC(=O)c1cc(F)cnc1Cl.Nc1cc(F)cnc1Cl. The molecule has 1 amide bonds. The second kappa shape index (κ2) is 6.97. The molecule has 0 aliphatic rings. The zero-order valence-electron chi connectivity index (χ0n) is 9.78. The third-order valence-corrected chi connectivity index (χ3v) is 2.52. The summed E-state index contributed by atoms with van der Waals surface area (Å²) in [5.74, 6) is -1.90. The lowest BCUT2D eigenvalue weighted by molar-refractivity contribution is 0.0999. The van der Waals surface area contributed by atoms with Crippen LogP contribution in [0.4, 0.5) is 14.5 Å². The van der Waals surface area contributed by atoms with Crippen LogP contribution in [0.3, 0.4) is 0 Å². The number of amides is 1. The normalized spacial score (nSPS) is 9.60. The second-order valence-electron chi connectivity index (χ2n) is 3.39. The Kier molecular flexibility index (Phi) is 5.60. The van der Waals surface area contributed by atoms with E-state index in [1.807, 2.05) is 0 Å². The highest BCUT2D eigenvalue weighted by Gasteiger charge is 2.07. The van der Waals surface area contributed by atoms with E-state index in [0.717, 1.165) is 24.5 Å². The van der Waals surface area contributed by atoms with Crippen LogP contribution in [-0.2, 0) is 0 Å². The molecule has 0 unspecified atom stereocenters. The van der Waals surface area contributed by atoms with Crippen LogP contribution in [0, 0.1) is 11.6 Å². The van der Waals surface area contributed by atoms with Gasteiger partial charge in [-0.05, 0) is 6.07 Å². The molecule has 0 saturated heterocycles. The predicted molar refractivity (Wildman–Crippen MR) is 71.3 cm³/mol. The molecular formula is C11H8Cl2F2N4O. The average molecular weight is 321 g/mol. The van der Waals surface area contributed by atoms with Gasteiger partial charge in [-0.25, -0.2) is 18.7 Å². The molecule has 9 heteroatoms. The van der Waals surface area contributed by atoms with Gasteiger partial charge in [0.1, 0.15) is 16.8 Å². The minimum atomic E-state index is -0.790. The lowest BCUT2D eigenvalue weighted by Gasteiger charge is -1.96. The lowest BCUT2D eigenvalue weighted by Crippen LogP contribution is -2.12. The molecule has 106 valence electrons. The first kappa shape index (κ1) is 16.1. The smallest absolute Gasteiger partial charge is 0.251 e. The Morgan fingerprint density at radius 1 is 1.05 bits per heavy atom. The second-order valence-corrected chi connectivity index (χ2v) is 4.11. The number of rotatable bonds is 1. The highest BCUT2D eigenvalue weighted by molar-refractivity contribution is 6.32. The average Bonchev–Trinajstić information content (AvgIpc) is 2.38. The third kappa shape index (κ3) is 4.60. The van der Waals surface area contributed by atoms with E-state index in [4.69, 9.17) is 34.7 Å². The van der Waals surface area contributed by atoms with Crippen LogP contribution >= 0.6 is 23.2 Å². The molecule has 0 spiro atoms. The van der Waals surface area contributed by atoms with Crippen molar-refractivity contribution in [3.63, 3.8) is 0 Å². The van der Waals surface area contributed by atoms with E-state index in [-0.39, 0.29) is 21.6 Å². The van der Waals surface area contributed by atoms with Crippen LogP contribution < -0.4 is 11.5 Å². The number of primary amides is 1. The van der Waals surface area contributed by atoms with Crippen molar-refractivity contribution in [1.82, 2.24) is 9.97 Å². The molecule has 4 N–H and O–H groups in total. The Morgan fingerprint density at radius 2 is 1.55 bits per heavy atom. The number of aromatic nitrogens is 2. The summed E-state index contributed by atoms with van der Waals surface area (Å²) in [6.45, 7) is 0. The van der Waals surface area contributed by atoms with Crippen molar-refractivity contribution in [3.05, 3.63) is 52.0 Å². The minimum absolute atomic E-state index is 0.0844. The van der Waals surface area contributed by atoms with Crippen molar-refractivity contribution in [2.75, 3.05) is 5.73 Å². The van der Waals surface area contributed by atoms with Gasteiger partial charge in [-0.1, -0.05) is 23.2 Å². The first-order chi connectivity index (χ1) is 9.31. The molecule has 2 aromatic rings. The summed E-state index contributed by atoms with van der Waals surface area (Å²) in [4.78, 5) is 17.3. The first-order valence-electron chi connectivity index (χ1n) is 4.98. The van der Waals surface area contributed by atoms with Gasteiger partial charge in [0.05, 0.1) is 23.6 Å². The molecule has 5 nitrogen and oxygen atoms in total. The quantitative estimate of drug-likeness (QED) is 0.789. The number of nitrogen functional groups attached to an aromatic ring is 1. The number of hydrogen-bond donors (Lipinski definition) is 2. The van der Waals surface area contributed by atoms with Crippen LogP contribution in [-0.4, -0.2) is 15.9 Å². The van der Waals surface area contributed by atoms with E-state index in [0.29, 0.717) is 0 Å². The molecule has 2 heterocycles. The maximum atomic E-state index is 12.4. The van der Waals surface area contributed by atoms with Gasteiger partial charge in [0.2, 0.25) is 0 Å². The summed E-state index contributed by atoms with van der Waals surface area (Å²) in [6, 6.07) is 2.06. The fourth-order valence-electron chi connectivity index (χ4n) is 1.03. The molecule has 0 saturated carbocycles. The van der Waals surface area contributed by atoms with E-state index in [1.165, 1.54) is 0 Å². The predicted octanol–water partition coefficient (Wildman–Crippen LogP) is 2.43. The number of carbonyl (C=O) groups is 1. The van der Waals surface area contributed by atoms with Crippen molar-refractivity contribution in [1.29, 1.82) is 0 Å². The van der Waals surface area contributed by atoms with Crippen molar-refractivity contribution >= 4 is 34.8 Å². The fourth-order valence-corrected chi connectivity index (χ4v) is 1.33. The molecule has 0 atom stereocenters. The molecule has 0 aliphatic carbocycles. The first-order valence-corrected chi connectivity index (χ1v) is 5.74. The van der Waals surface area contributed by atoms with Crippen molar-refractivity contribution in [2.24, 2.45) is 5.73 Å². The van der Waals surface area contributed by atoms with E-state index in [9.17, 15) is 13.6 Å². The van der Waals surface area contributed by atoms with Crippen molar-refractivity contribution < 1.29 is 13.6 Å². The van der Waals surface area contributed by atoms with Gasteiger partial charge in [0.25, 0.3) is 5.91 Å². The van der Waals surface area contributed by atoms with Gasteiger partial charge in [-0.15, -0.1) is 0 Å². The molecule has 20 heavy (non-hydrogen) atoms. The molecule has 0 aliphatic heterocycles. The maximum absolute atomic E-state index is 12.4. The number of pyridine rings is 2. The van der Waals surface area contributed by atoms with Crippen LogP contribution in [0.25, 0.3) is 0 Å². The summed E-state index contributed by atoms with van der Waals surface area (Å²) in [5.41, 5.74) is 10.1. The number of carbonyl (C=O) groups excluding carboxylic acids is 1. The number of nitrogens with zero attached hydrogens (tertiary/aromatic N) is 2. The van der Waals surface area contributed by atoms with Gasteiger partial charge in [0.15, 0.2) is 5.15 Å². The summed E-state index contributed by atoms with van der Waals surface area (Å²) >= 11 is 10.8. The zero-order chi connectivity index (χ0) is 15.3. The molecule has 2 rings (SSSR count). The number of anilines is 1. The van der Waals surface area contributed by atoms with Gasteiger partial charge in [0, 0.05) is 6.07 Å². The van der Waals surface area contributed by atoms with Crippen LogP contribution in [0.15, 0.2) is 24.5 Å². The summed E-state index contributed by atoms with van der Waals surface area (Å²) < 4.78 is 24.5. The van der Waals surface area contributed by atoms with E-state index >= 15 is 0 Å². The number of nitrogens with two attached hydrogens (primary N) is 2. The molecule has 0 aromatic carbocycles. The number of hydrogen-bond acceptors (Lipinski definition) is 4. The lowest BCUT2D eigenvalue weighted by atomic mass is 10.3. The van der Waals surface area contributed by atoms with Crippen LogP contribution in [0.5, 0.6) is 0 Å². The molecule has 0 radical (unpaired) electrons. The Hall–Kier alpha value is -1.99. The Balaban J connectivity index is 0.000000204. The topological polar surface area (TPSA) is 94.9 Å². The van der Waals surface area contributed by atoms with E-state index < -0.39 is 17.5 Å². The van der Waals surface area contributed by atoms with Crippen molar-refractivity contribution in [3.8, 4) is 0 Å². The zero-order valence-corrected chi connectivity index (χ0v) is 11.3. The van der Waals surface area contributed by atoms with Gasteiger partial charge in [-0.2, -0.15) is 0 Å². The van der Waals surface area contributed by atoms with Gasteiger partial charge in [-0.3, -0.25) is 4.79 Å². The monoisotopic (exact) mass is 320 g/mol. The third-order valence-electron chi connectivity index (χ3n) is 1.90. The molecule has 2 aromatic heterocycles. The molecule has 0 bridgehead atoms. The highest BCUT2D eigenvalue weighted by atomic mass is 35.5. The van der Waals surface area contributed by atoms with Crippen LogP contribution in [0.2, 0.25) is 10.3 Å². The standard InChI is InChI=1S/C6H4ClFN2O.C5H4ClFN2/c7-5-4(6(9)11)1-3(8)2-10-5;6-5-4(8)1-3(7)2-9-5/h1-2H,(H2,9,11);1-2H,8H2. The maximum Gasteiger partial charge on any atom is 0.251 e. The highest BCUT2D eigenvalue weighted by Crippen LogP contribution is 2.14. The van der Waals surface area contributed by atoms with Crippen molar-refractivity contribution in [2.45, 2.75) is 0 Å². The fraction of sp³-hybridized carbons (Fsp3) is 0. The Bertz CT molecular complexity index is 640. The van der Waals surface area contributed by atoms with Crippen LogP contribution in [0.1, 0.15) is 10.4 Å². The van der Waals surface area contributed by atoms with E-state index in [2.05, 4.69) is 9.97 Å². The Morgan fingerprint density at radius 3 is 1.95 bits per heavy atom. The van der Waals surface area contributed by atoms with Gasteiger partial charge < -0.3 is 11.5 Å². The minimum Gasteiger partial charge on any atom is -0.396 e. The summed E-state index contributed by atoms with van der Waals surface area (Å²) in [7, 11) is 0. The summed E-state index contributed by atoms with van der Waals surface area (Å²) in [6.07, 6.45) is 1.92. The molecule has 0 fully saturated rings. The van der Waals surface area contributed by atoms with E-state index in [1.54, 1.807) is 0 Å². The largest absolute Gasteiger partial charge is 0.396 e. The van der Waals surface area contributed by atoms with Gasteiger partial charge >= 0.3 is 0 Å².